The summed E-state index contributed by atoms with van der Waals surface area (Å²) in [5.74, 6) is 0.679. The van der Waals surface area contributed by atoms with Gasteiger partial charge in [0.05, 0.1) is 12.7 Å². The fraction of sp³-hybridized carbons (Fsp3) is 0.0952. The highest BCUT2D eigenvalue weighted by Crippen LogP contribution is 2.40. The fourth-order valence-corrected chi connectivity index (χ4v) is 3.60. The Kier molecular flexibility index (Phi) is 4.49. The number of carbonyl (C=O) groups excluding carboxylic acids is 1. The van der Waals surface area contributed by atoms with Crippen LogP contribution in [0.5, 0.6) is 11.5 Å². The van der Waals surface area contributed by atoms with Gasteiger partial charge in [-0.05, 0) is 54.6 Å². The monoisotopic (exact) mass is 424 g/mol. The number of hydrogen-bond acceptors (Lipinski definition) is 4. The van der Waals surface area contributed by atoms with Crippen molar-refractivity contribution in [1.29, 1.82) is 0 Å². The molecule has 0 saturated carbocycles. The van der Waals surface area contributed by atoms with Crippen LogP contribution in [0.2, 0.25) is 0 Å². The van der Waals surface area contributed by atoms with E-state index in [1.807, 2.05) is 36.4 Å². The average Bonchev–Trinajstić information content (AvgIpc) is 2.70. The van der Waals surface area contributed by atoms with E-state index in [9.17, 15) is 9.90 Å². The lowest BCUT2D eigenvalue weighted by Crippen LogP contribution is -2.43. The van der Waals surface area contributed by atoms with Gasteiger partial charge in [-0.3, -0.25) is 9.69 Å². The van der Waals surface area contributed by atoms with Gasteiger partial charge in [0.2, 0.25) is 0 Å². The number of methoxy groups -OCH3 is 1. The molecule has 4 rings (SSSR count). The van der Waals surface area contributed by atoms with Crippen molar-refractivity contribution in [3.8, 4) is 11.5 Å². The molecule has 1 aliphatic heterocycles. The van der Waals surface area contributed by atoms with Crippen LogP contribution in [-0.2, 0) is 0 Å². The Morgan fingerprint density at radius 3 is 2.56 bits per heavy atom. The largest absolute Gasteiger partial charge is 0.508 e. The molecule has 2 N–H and O–H groups in total. The molecule has 0 unspecified atom stereocenters. The highest BCUT2D eigenvalue weighted by molar-refractivity contribution is 9.10. The predicted octanol–water partition coefficient (Wildman–Crippen LogP) is 4.93. The summed E-state index contributed by atoms with van der Waals surface area (Å²) >= 11 is 3.45. The van der Waals surface area contributed by atoms with Gasteiger partial charge < -0.3 is 15.2 Å². The van der Waals surface area contributed by atoms with E-state index >= 15 is 0 Å². The minimum absolute atomic E-state index is 0.112. The molecule has 1 heterocycles. The lowest BCUT2D eigenvalue weighted by molar-refractivity contribution is 0.0974. The van der Waals surface area contributed by atoms with Crippen molar-refractivity contribution in [1.82, 2.24) is 0 Å². The number of rotatable bonds is 3. The van der Waals surface area contributed by atoms with Crippen LogP contribution in [-0.4, -0.2) is 18.1 Å². The third kappa shape index (κ3) is 3.13. The summed E-state index contributed by atoms with van der Waals surface area (Å²) < 4.78 is 6.04. The number of hydrogen-bond donors (Lipinski definition) is 2. The van der Waals surface area contributed by atoms with Crippen LogP contribution in [0.25, 0.3) is 0 Å². The zero-order valence-corrected chi connectivity index (χ0v) is 16.1. The average molecular weight is 425 g/mol. The van der Waals surface area contributed by atoms with E-state index in [0.717, 1.165) is 10.2 Å². The van der Waals surface area contributed by atoms with E-state index in [0.29, 0.717) is 22.6 Å². The molecule has 1 aliphatic rings. The van der Waals surface area contributed by atoms with Crippen molar-refractivity contribution >= 4 is 33.2 Å². The Labute approximate surface area is 165 Å². The summed E-state index contributed by atoms with van der Waals surface area (Å²) in [6, 6.07) is 19.8. The quantitative estimate of drug-likeness (QED) is 0.625. The molecule has 136 valence electrons. The summed E-state index contributed by atoms with van der Waals surface area (Å²) in [5, 5.41) is 13.8. The molecule has 1 atom stereocenters. The molecule has 3 aromatic rings. The summed E-state index contributed by atoms with van der Waals surface area (Å²) in [5.41, 5.74) is 2.62. The highest BCUT2D eigenvalue weighted by Gasteiger charge is 2.35. The lowest BCUT2D eigenvalue weighted by atomic mass is 10.0. The molecule has 0 spiro atoms. The smallest absolute Gasteiger partial charge is 0.262 e. The molecule has 1 amide bonds. The zero-order valence-electron chi connectivity index (χ0n) is 14.5. The Morgan fingerprint density at radius 1 is 1.07 bits per heavy atom. The molecule has 0 radical (unpaired) electrons. The van der Waals surface area contributed by atoms with Gasteiger partial charge in [0.25, 0.3) is 5.91 Å². The number of amides is 1. The molecular weight excluding hydrogens is 408 g/mol. The maximum absolute atomic E-state index is 13.3. The summed E-state index contributed by atoms with van der Waals surface area (Å²) in [4.78, 5) is 15.0. The third-order valence-electron chi connectivity index (χ3n) is 4.56. The van der Waals surface area contributed by atoms with Crippen LogP contribution in [0, 0.1) is 0 Å². The molecule has 3 aromatic carbocycles. The number of phenolic OH excluding ortho intramolecular Hbond substituents is 1. The number of phenols is 1. The topological polar surface area (TPSA) is 61.8 Å². The Bertz CT molecular complexity index is 1000. The van der Waals surface area contributed by atoms with Crippen molar-refractivity contribution in [3.05, 3.63) is 82.3 Å². The first-order valence-electron chi connectivity index (χ1n) is 8.40. The highest BCUT2D eigenvalue weighted by atomic mass is 79.9. The maximum atomic E-state index is 13.3. The van der Waals surface area contributed by atoms with Crippen molar-refractivity contribution in [3.63, 3.8) is 0 Å². The number of aromatic hydroxyl groups is 1. The molecule has 0 aliphatic carbocycles. The van der Waals surface area contributed by atoms with E-state index in [4.69, 9.17) is 4.74 Å². The number of benzene rings is 3. The Hall–Kier alpha value is -2.99. The van der Waals surface area contributed by atoms with E-state index in [1.54, 1.807) is 42.3 Å². The normalized spacial score (nSPS) is 15.9. The first-order chi connectivity index (χ1) is 13.1. The van der Waals surface area contributed by atoms with Gasteiger partial charge >= 0.3 is 0 Å². The second-order valence-electron chi connectivity index (χ2n) is 6.17. The van der Waals surface area contributed by atoms with Crippen molar-refractivity contribution in [2.45, 2.75) is 6.17 Å². The van der Waals surface area contributed by atoms with E-state index in [2.05, 4.69) is 21.2 Å². The fourth-order valence-electron chi connectivity index (χ4n) is 3.22. The van der Waals surface area contributed by atoms with Gasteiger partial charge in [-0.1, -0.05) is 28.1 Å². The van der Waals surface area contributed by atoms with E-state index in [1.165, 1.54) is 0 Å². The molecule has 0 fully saturated rings. The van der Waals surface area contributed by atoms with E-state index < -0.39 is 6.17 Å². The first-order valence-corrected chi connectivity index (χ1v) is 9.19. The number of carbonyl (C=O) groups is 1. The van der Waals surface area contributed by atoms with Crippen LogP contribution >= 0.6 is 15.9 Å². The Morgan fingerprint density at radius 2 is 1.81 bits per heavy atom. The van der Waals surface area contributed by atoms with Crippen LogP contribution < -0.4 is 15.0 Å². The molecule has 0 bridgehead atoms. The van der Waals surface area contributed by atoms with Crippen molar-refractivity contribution in [2.24, 2.45) is 0 Å². The minimum atomic E-state index is -0.557. The number of nitrogens with zero attached hydrogens (tertiary/aromatic N) is 1. The first kappa shape index (κ1) is 17.4. The number of fused-ring (bicyclic) bond motifs is 1. The van der Waals surface area contributed by atoms with Crippen molar-refractivity contribution < 1.29 is 14.6 Å². The van der Waals surface area contributed by atoms with Crippen molar-refractivity contribution in [2.75, 3.05) is 17.3 Å². The predicted molar refractivity (Wildman–Crippen MR) is 108 cm³/mol. The second-order valence-corrected chi connectivity index (χ2v) is 7.08. The molecular formula is C21H17BrN2O3. The number of anilines is 2. The molecule has 0 saturated heterocycles. The third-order valence-corrected chi connectivity index (χ3v) is 5.05. The van der Waals surface area contributed by atoms with Gasteiger partial charge in [0.15, 0.2) is 0 Å². The lowest BCUT2D eigenvalue weighted by Gasteiger charge is -2.38. The standard InChI is InChI=1S/C21H17BrN2O3/c1-27-15-9-7-14(8-10-15)24-20(17-12-13(22)6-11-19(17)25)23-18-5-3-2-4-16(18)21(24)26/h2-12,20,23,25H,1H3/t20-/m0/s1. The summed E-state index contributed by atoms with van der Waals surface area (Å²) in [7, 11) is 1.60. The maximum Gasteiger partial charge on any atom is 0.262 e. The van der Waals surface area contributed by atoms with Gasteiger partial charge in [-0.2, -0.15) is 0 Å². The Balaban J connectivity index is 1.87. The number of nitrogens with one attached hydrogen (secondary N) is 1. The van der Waals surface area contributed by atoms with Gasteiger partial charge in [-0.25, -0.2) is 0 Å². The van der Waals surface area contributed by atoms with Crippen LogP contribution in [0.15, 0.2) is 71.2 Å². The number of para-hydroxylation sites is 1. The second kappa shape index (κ2) is 6.96. The van der Waals surface area contributed by atoms with Crippen LogP contribution in [0.4, 0.5) is 11.4 Å². The van der Waals surface area contributed by atoms with E-state index in [-0.39, 0.29) is 11.7 Å². The molecule has 27 heavy (non-hydrogen) atoms. The van der Waals surface area contributed by atoms with Gasteiger partial charge in [0, 0.05) is 21.4 Å². The molecule has 0 aromatic heterocycles. The zero-order chi connectivity index (χ0) is 19.0. The number of halogens is 1. The van der Waals surface area contributed by atoms with Gasteiger partial charge in [-0.15, -0.1) is 0 Å². The summed E-state index contributed by atoms with van der Waals surface area (Å²) in [6.45, 7) is 0. The number of ether oxygens (including phenoxy) is 1. The van der Waals surface area contributed by atoms with Crippen LogP contribution in [0.3, 0.4) is 0 Å². The SMILES string of the molecule is COc1ccc(N2C(=O)c3ccccc3N[C@@H]2c2cc(Br)ccc2O)cc1. The summed E-state index contributed by atoms with van der Waals surface area (Å²) in [6.07, 6.45) is -0.557. The molecule has 6 heteroatoms. The van der Waals surface area contributed by atoms with Crippen LogP contribution in [0.1, 0.15) is 22.1 Å². The van der Waals surface area contributed by atoms with Gasteiger partial charge in [0.1, 0.15) is 17.7 Å². The molecule has 5 nitrogen and oxygen atoms in total. The minimum Gasteiger partial charge on any atom is -0.508 e.